The van der Waals surface area contributed by atoms with E-state index in [-0.39, 0.29) is 29.6 Å². The molecule has 0 aliphatic carbocycles. The van der Waals surface area contributed by atoms with E-state index in [2.05, 4.69) is 5.32 Å². The molecule has 0 radical (unpaired) electrons. The van der Waals surface area contributed by atoms with Gasteiger partial charge in [0, 0.05) is 0 Å². The average molecular weight is 282 g/mol. The van der Waals surface area contributed by atoms with Crippen LogP contribution < -0.4 is 40.0 Å². The second-order valence-electron chi connectivity index (χ2n) is 4.52. The Morgan fingerprint density at radius 2 is 2.11 bits per heavy atom. The molecule has 2 amide bonds. The van der Waals surface area contributed by atoms with Crippen LogP contribution in [0.2, 0.25) is 0 Å². The Hall–Kier alpha value is -0.280. The van der Waals surface area contributed by atoms with Gasteiger partial charge in [-0.05, 0) is 25.0 Å². The summed E-state index contributed by atoms with van der Waals surface area (Å²) >= 11 is -1.56. The normalized spacial score (nSPS) is 36.2. The summed E-state index contributed by atoms with van der Waals surface area (Å²) in [6.07, 6.45) is 0.344. The fraction of sp³-hybridized carbons (Fsp3) is 0.667. The number of carbonyl (C=O) groups is 3. The number of carbonyl (C=O) groups excluding carboxylic acids is 3. The number of β-lactam (4-membered cyclic amide) rings is 1. The molecule has 0 aromatic rings. The number of aliphatic carboxylic acids is 1. The van der Waals surface area contributed by atoms with Crippen molar-refractivity contribution in [2.24, 2.45) is 0 Å². The van der Waals surface area contributed by atoms with E-state index in [1.807, 2.05) is 0 Å². The third-order valence-electron chi connectivity index (χ3n) is 3.23. The molecule has 2 rings (SSSR count). The third kappa shape index (κ3) is 1.87. The van der Waals surface area contributed by atoms with Crippen LogP contribution in [-0.2, 0) is 25.6 Å². The predicted octanol–water partition coefficient (Wildman–Crippen LogP) is -6.07. The number of hydrogen-bond donors (Lipinski definition) is 1. The smallest absolute Gasteiger partial charge is 0.614 e. The molecule has 18 heavy (non-hydrogen) atoms. The van der Waals surface area contributed by atoms with Gasteiger partial charge in [0.05, 0.1) is 5.97 Å². The van der Waals surface area contributed by atoms with Crippen LogP contribution in [0.4, 0.5) is 0 Å². The summed E-state index contributed by atoms with van der Waals surface area (Å²) in [5.41, 5.74) is 0. The fourth-order valence-corrected chi connectivity index (χ4v) is 4.29. The van der Waals surface area contributed by atoms with Crippen molar-refractivity contribution in [2.75, 3.05) is 0 Å². The van der Waals surface area contributed by atoms with Gasteiger partial charge in [-0.2, -0.15) is 0 Å². The van der Waals surface area contributed by atoms with Crippen LogP contribution in [-0.4, -0.2) is 49.9 Å². The van der Waals surface area contributed by atoms with E-state index >= 15 is 0 Å². The van der Waals surface area contributed by atoms with Crippen LogP contribution in [0.3, 0.4) is 0 Å². The molecule has 2 aliphatic heterocycles. The Labute approximate surface area is 129 Å². The van der Waals surface area contributed by atoms with Gasteiger partial charge < -0.3 is 19.8 Å². The van der Waals surface area contributed by atoms with Crippen LogP contribution in [0.15, 0.2) is 0 Å². The van der Waals surface area contributed by atoms with Crippen molar-refractivity contribution < 1.29 is 53.6 Å². The van der Waals surface area contributed by atoms with Crippen molar-refractivity contribution in [2.45, 2.75) is 36.1 Å². The first kappa shape index (κ1) is 15.8. The molecule has 0 spiro atoms. The number of amides is 2. The molecular weight excluding hydrogens is 271 g/mol. The Morgan fingerprint density at radius 3 is 2.56 bits per heavy atom. The van der Waals surface area contributed by atoms with E-state index in [0.29, 0.717) is 6.41 Å². The SMILES string of the molecule is CC1(C)[C@H](C(=O)[O-])N2C(=O)[C@H](NC=O)[C@H]2[S+]1[O-].[Na+]. The molecule has 94 valence electrons. The summed E-state index contributed by atoms with van der Waals surface area (Å²) in [6.45, 7) is 3.01. The summed E-state index contributed by atoms with van der Waals surface area (Å²) in [5, 5.41) is 12.5. The van der Waals surface area contributed by atoms with Gasteiger partial charge >= 0.3 is 29.6 Å². The van der Waals surface area contributed by atoms with Gasteiger partial charge in [-0.15, -0.1) is 0 Å². The van der Waals surface area contributed by atoms with Gasteiger partial charge in [-0.1, -0.05) is 0 Å². The zero-order valence-corrected chi connectivity index (χ0v) is 13.0. The van der Waals surface area contributed by atoms with Gasteiger partial charge in [0.25, 0.3) is 5.91 Å². The van der Waals surface area contributed by atoms with Crippen molar-refractivity contribution in [3.8, 4) is 0 Å². The van der Waals surface area contributed by atoms with Crippen molar-refractivity contribution in [1.82, 2.24) is 10.2 Å². The number of carboxylic acids is 1. The van der Waals surface area contributed by atoms with E-state index in [0.717, 1.165) is 4.90 Å². The maximum Gasteiger partial charge on any atom is 1.00 e. The van der Waals surface area contributed by atoms with Gasteiger partial charge in [0.2, 0.25) is 11.8 Å². The van der Waals surface area contributed by atoms with Crippen molar-refractivity contribution >= 4 is 29.5 Å². The predicted molar refractivity (Wildman–Crippen MR) is 54.6 cm³/mol. The van der Waals surface area contributed by atoms with Crippen LogP contribution in [0, 0.1) is 0 Å². The van der Waals surface area contributed by atoms with Crippen LogP contribution in [0.25, 0.3) is 0 Å². The number of nitrogens with one attached hydrogen (secondary N) is 1. The quantitative estimate of drug-likeness (QED) is 0.239. The molecule has 2 heterocycles. The summed E-state index contributed by atoms with van der Waals surface area (Å²) < 4.78 is 11.0. The molecule has 2 aliphatic rings. The topological polar surface area (TPSA) is 113 Å². The van der Waals surface area contributed by atoms with Crippen molar-refractivity contribution in [1.29, 1.82) is 0 Å². The standard InChI is InChI=1S/C9H12N2O5S.Na/c1-9(2)5(8(14)15)11-6(13)4(10-3-12)7(11)17(9)16;/h3-5,7H,1-2H3,(H,10,12)(H,14,15);/q;+1/p-1/t4-,5-,7+,17?;/m0./s1. The Balaban J connectivity index is 0.00000162. The van der Waals surface area contributed by atoms with E-state index < -0.39 is 45.3 Å². The monoisotopic (exact) mass is 282 g/mol. The molecule has 0 saturated carbocycles. The first-order valence-electron chi connectivity index (χ1n) is 4.97. The van der Waals surface area contributed by atoms with Gasteiger partial charge in [-0.25, -0.2) is 0 Å². The minimum absolute atomic E-state index is 0. The Bertz CT molecular complexity index is 404. The van der Waals surface area contributed by atoms with Crippen LogP contribution >= 0.6 is 0 Å². The van der Waals surface area contributed by atoms with Crippen molar-refractivity contribution in [3.63, 3.8) is 0 Å². The minimum atomic E-state index is -1.56. The molecule has 0 bridgehead atoms. The number of carboxylic acid groups (broad SMARTS) is 1. The molecule has 1 unspecified atom stereocenters. The summed E-state index contributed by atoms with van der Waals surface area (Å²) in [7, 11) is 0. The third-order valence-corrected chi connectivity index (χ3v) is 5.42. The maximum atomic E-state index is 12.1. The van der Waals surface area contributed by atoms with E-state index in [1.54, 1.807) is 0 Å². The van der Waals surface area contributed by atoms with Gasteiger partial charge in [-0.3, -0.25) is 14.5 Å². The molecule has 9 heteroatoms. The van der Waals surface area contributed by atoms with E-state index in [9.17, 15) is 24.0 Å². The average Bonchev–Trinajstić information content (AvgIpc) is 2.42. The van der Waals surface area contributed by atoms with E-state index in [4.69, 9.17) is 0 Å². The molecule has 0 aromatic carbocycles. The van der Waals surface area contributed by atoms with Crippen molar-refractivity contribution in [3.05, 3.63) is 0 Å². The molecule has 2 fully saturated rings. The molecule has 1 N–H and O–H groups in total. The number of fused-ring (bicyclic) bond motifs is 1. The zero-order valence-electron chi connectivity index (χ0n) is 10.2. The number of rotatable bonds is 3. The van der Waals surface area contributed by atoms with Gasteiger partial charge in [0.15, 0.2) is 6.04 Å². The second kappa shape index (κ2) is 5.01. The minimum Gasteiger partial charge on any atom is -0.614 e. The van der Waals surface area contributed by atoms with E-state index in [1.165, 1.54) is 13.8 Å². The Kier molecular flexibility index (Phi) is 4.39. The largest absolute Gasteiger partial charge is 1.00 e. The maximum absolute atomic E-state index is 12.1. The summed E-state index contributed by atoms with van der Waals surface area (Å²) in [4.78, 5) is 34.0. The number of hydrogen-bond acceptors (Lipinski definition) is 5. The summed E-state index contributed by atoms with van der Waals surface area (Å²) in [6, 6.07) is -2.11. The molecule has 4 atom stereocenters. The molecule has 7 nitrogen and oxygen atoms in total. The molecule has 0 aromatic heterocycles. The molecule has 2 saturated heterocycles. The molecular formula is C9H11N2NaO5S. The Morgan fingerprint density at radius 1 is 1.56 bits per heavy atom. The second-order valence-corrected chi connectivity index (χ2v) is 6.65. The van der Waals surface area contributed by atoms with Crippen LogP contribution in [0.1, 0.15) is 13.8 Å². The fourth-order valence-electron chi connectivity index (χ4n) is 2.37. The number of nitrogens with zero attached hydrogens (tertiary/aromatic N) is 1. The first-order chi connectivity index (χ1) is 7.84. The first-order valence-corrected chi connectivity index (χ1v) is 6.18. The van der Waals surface area contributed by atoms with Crippen LogP contribution in [0.5, 0.6) is 0 Å². The summed E-state index contributed by atoms with van der Waals surface area (Å²) in [5.74, 6) is -1.96. The zero-order chi connectivity index (χ0) is 13.0. The van der Waals surface area contributed by atoms with Gasteiger partial charge in [0.1, 0.15) is 10.8 Å².